The lowest BCUT2D eigenvalue weighted by Crippen LogP contribution is -2.26. The number of nitrogens with zero attached hydrogens (tertiary/aromatic N) is 3. The van der Waals surface area contributed by atoms with Gasteiger partial charge >= 0.3 is 5.69 Å². The van der Waals surface area contributed by atoms with Crippen molar-refractivity contribution in [1.82, 2.24) is 19.1 Å². The molecule has 20 heavy (non-hydrogen) atoms. The molecule has 2 aromatic heterocycles. The molecule has 1 aromatic carbocycles. The van der Waals surface area contributed by atoms with E-state index >= 15 is 0 Å². The minimum atomic E-state index is -0.902. The number of aromatic amines is 1. The normalized spacial score (nSPS) is 12.6. The Morgan fingerprint density at radius 2 is 2.10 bits per heavy atom. The van der Waals surface area contributed by atoms with E-state index in [0.717, 1.165) is 16.6 Å². The smallest absolute Gasteiger partial charge is 0.326 e. The average molecular weight is 275 g/mol. The molecular weight excluding hydrogens is 258 g/mol. The van der Waals surface area contributed by atoms with Crippen LogP contribution >= 0.6 is 0 Å². The van der Waals surface area contributed by atoms with Gasteiger partial charge in [0.25, 0.3) is 0 Å². The molecule has 0 bridgehead atoms. The molecule has 3 rings (SSSR count). The Kier molecular flexibility index (Phi) is 2.46. The number of aromatic nitrogens is 4. The molecule has 0 radical (unpaired) electrons. The van der Waals surface area contributed by atoms with Crippen molar-refractivity contribution in [3.05, 3.63) is 22.6 Å². The molecule has 0 atom stereocenters. The van der Waals surface area contributed by atoms with Crippen molar-refractivity contribution in [3.63, 3.8) is 0 Å². The zero-order valence-electron chi connectivity index (χ0n) is 11.6. The van der Waals surface area contributed by atoms with Gasteiger partial charge in [-0.25, -0.2) is 9.78 Å². The number of nitrogen functional groups attached to an aromatic ring is 1. The Balaban J connectivity index is 2.33. The number of imidazole rings is 2. The molecular formula is C13H17N5O2. The van der Waals surface area contributed by atoms with E-state index in [1.54, 1.807) is 31.5 Å². The van der Waals surface area contributed by atoms with Crippen LogP contribution in [0.2, 0.25) is 0 Å². The summed E-state index contributed by atoms with van der Waals surface area (Å²) in [6, 6.07) is 3.65. The Labute approximate surface area is 114 Å². The predicted molar refractivity (Wildman–Crippen MR) is 77.5 cm³/mol. The molecule has 2 heterocycles. The van der Waals surface area contributed by atoms with Crippen LogP contribution in [0.3, 0.4) is 0 Å². The molecule has 0 aliphatic rings. The number of aliphatic hydroxyl groups is 1. The molecule has 0 aliphatic carbocycles. The van der Waals surface area contributed by atoms with Gasteiger partial charge in [-0.2, -0.15) is 0 Å². The second kappa shape index (κ2) is 3.86. The van der Waals surface area contributed by atoms with Crippen LogP contribution in [0, 0.1) is 0 Å². The first-order chi connectivity index (χ1) is 9.26. The predicted octanol–water partition coefficient (Wildman–Crippen LogP) is 0.569. The van der Waals surface area contributed by atoms with Gasteiger partial charge in [0.1, 0.15) is 0 Å². The topological polar surface area (TPSA) is 102 Å². The summed E-state index contributed by atoms with van der Waals surface area (Å²) in [6.45, 7) is 3.75. The van der Waals surface area contributed by atoms with E-state index in [-0.39, 0.29) is 5.69 Å². The highest BCUT2D eigenvalue weighted by Crippen LogP contribution is 2.24. The third kappa shape index (κ3) is 1.87. The molecule has 4 N–H and O–H groups in total. The number of benzene rings is 1. The Morgan fingerprint density at radius 1 is 1.40 bits per heavy atom. The number of hydrogen-bond acceptors (Lipinski definition) is 4. The second-order valence-corrected chi connectivity index (χ2v) is 5.72. The quantitative estimate of drug-likeness (QED) is 0.636. The highest BCUT2D eigenvalue weighted by molar-refractivity contribution is 5.92. The molecule has 0 fully saturated rings. The SMILES string of the molecule is Cn1c(=O)[nH]c2cc3nc(N)n(CC(C)(C)O)c3cc21. The van der Waals surface area contributed by atoms with Crippen molar-refractivity contribution in [1.29, 1.82) is 0 Å². The summed E-state index contributed by atoms with van der Waals surface area (Å²) < 4.78 is 3.29. The van der Waals surface area contributed by atoms with Crippen LogP contribution in [0.1, 0.15) is 13.8 Å². The Hall–Kier alpha value is -2.28. The summed E-state index contributed by atoms with van der Waals surface area (Å²) >= 11 is 0. The standard InChI is InChI=1S/C13H17N5O2/c1-13(2,20)6-18-10-5-9-7(16-12(19)17(9)3)4-8(10)15-11(18)14/h4-5,20H,6H2,1-3H3,(H2,14,15)(H,16,19). The fraction of sp³-hybridized carbons (Fsp3) is 0.385. The summed E-state index contributed by atoms with van der Waals surface area (Å²) in [7, 11) is 1.70. The van der Waals surface area contributed by atoms with E-state index in [1.807, 2.05) is 6.07 Å². The number of nitrogens with one attached hydrogen (secondary N) is 1. The monoisotopic (exact) mass is 275 g/mol. The minimum absolute atomic E-state index is 0.172. The van der Waals surface area contributed by atoms with E-state index in [4.69, 9.17) is 5.73 Å². The molecule has 0 spiro atoms. The molecule has 0 unspecified atom stereocenters. The molecule has 7 heteroatoms. The zero-order valence-corrected chi connectivity index (χ0v) is 11.6. The van der Waals surface area contributed by atoms with Crippen LogP contribution in [0.4, 0.5) is 5.95 Å². The fourth-order valence-corrected chi connectivity index (χ4v) is 2.42. The van der Waals surface area contributed by atoms with Gasteiger partial charge in [-0.05, 0) is 26.0 Å². The van der Waals surface area contributed by atoms with Gasteiger partial charge in [0.05, 0.1) is 34.2 Å². The molecule has 0 saturated heterocycles. The van der Waals surface area contributed by atoms with Gasteiger partial charge in [0.15, 0.2) is 0 Å². The summed E-state index contributed by atoms with van der Waals surface area (Å²) in [6.07, 6.45) is 0. The van der Waals surface area contributed by atoms with Crippen molar-refractivity contribution in [2.24, 2.45) is 7.05 Å². The summed E-state index contributed by atoms with van der Waals surface area (Å²) in [5.41, 5.74) is 7.84. The summed E-state index contributed by atoms with van der Waals surface area (Å²) in [5, 5.41) is 9.98. The van der Waals surface area contributed by atoms with Crippen molar-refractivity contribution in [2.45, 2.75) is 26.0 Å². The van der Waals surface area contributed by atoms with Crippen LogP contribution in [-0.2, 0) is 13.6 Å². The van der Waals surface area contributed by atoms with Gasteiger partial charge in [0.2, 0.25) is 5.95 Å². The Bertz CT molecular complexity index is 863. The first kappa shape index (κ1) is 12.7. The molecule has 7 nitrogen and oxygen atoms in total. The molecule has 0 aliphatic heterocycles. The molecule has 0 saturated carbocycles. The van der Waals surface area contributed by atoms with E-state index < -0.39 is 5.60 Å². The van der Waals surface area contributed by atoms with E-state index in [9.17, 15) is 9.90 Å². The van der Waals surface area contributed by atoms with E-state index in [2.05, 4.69) is 9.97 Å². The lowest BCUT2D eigenvalue weighted by molar-refractivity contribution is 0.0633. The van der Waals surface area contributed by atoms with Crippen LogP contribution in [0.15, 0.2) is 16.9 Å². The third-order valence-electron chi connectivity index (χ3n) is 3.35. The van der Waals surface area contributed by atoms with Crippen LogP contribution in [0.5, 0.6) is 0 Å². The minimum Gasteiger partial charge on any atom is -0.389 e. The van der Waals surface area contributed by atoms with Crippen molar-refractivity contribution < 1.29 is 5.11 Å². The highest BCUT2D eigenvalue weighted by atomic mass is 16.3. The number of hydrogen-bond donors (Lipinski definition) is 3. The van der Waals surface area contributed by atoms with E-state index in [1.165, 1.54) is 4.57 Å². The Morgan fingerprint density at radius 3 is 2.75 bits per heavy atom. The number of nitrogens with two attached hydrogens (primary N) is 1. The van der Waals surface area contributed by atoms with Crippen LogP contribution in [-0.4, -0.2) is 29.8 Å². The number of H-pyrrole nitrogens is 1. The number of aryl methyl sites for hydroxylation is 1. The molecule has 3 aromatic rings. The fourth-order valence-electron chi connectivity index (χ4n) is 2.42. The maximum absolute atomic E-state index is 11.6. The highest BCUT2D eigenvalue weighted by Gasteiger charge is 2.19. The van der Waals surface area contributed by atoms with Crippen molar-refractivity contribution in [2.75, 3.05) is 5.73 Å². The summed E-state index contributed by atoms with van der Waals surface area (Å²) in [5.74, 6) is 0.347. The van der Waals surface area contributed by atoms with Crippen molar-refractivity contribution in [3.8, 4) is 0 Å². The number of fused-ring (bicyclic) bond motifs is 2. The van der Waals surface area contributed by atoms with Gasteiger partial charge < -0.3 is 20.4 Å². The van der Waals surface area contributed by atoms with Crippen LogP contribution < -0.4 is 11.4 Å². The zero-order chi connectivity index (χ0) is 14.7. The molecule has 106 valence electrons. The maximum Gasteiger partial charge on any atom is 0.326 e. The average Bonchev–Trinajstić information content (AvgIpc) is 2.75. The molecule has 0 amide bonds. The van der Waals surface area contributed by atoms with Gasteiger partial charge in [-0.1, -0.05) is 0 Å². The lowest BCUT2D eigenvalue weighted by Gasteiger charge is -2.19. The van der Waals surface area contributed by atoms with E-state index in [0.29, 0.717) is 18.0 Å². The lowest BCUT2D eigenvalue weighted by atomic mass is 10.1. The summed E-state index contributed by atoms with van der Waals surface area (Å²) in [4.78, 5) is 18.7. The first-order valence-corrected chi connectivity index (χ1v) is 6.33. The maximum atomic E-state index is 11.6. The van der Waals surface area contributed by atoms with Gasteiger partial charge in [0, 0.05) is 7.05 Å². The first-order valence-electron chi connectivity index (χ1n) is 6.33. The van der Waals surface area contributed by atoms with Crippen LogP contribution in [0.25, 0.3) is 22.1 Å². The second-order valence-electron chi connectivity index (χ2n) is 5.72. The van der Waals surface area contributed by atoms with Gasteiger partial charge in [-0.15, -0.1) is 0 Å². The third-order valence-corrected chi connectivity index (χ3v) is 3.35. The number of rotatable bonds is 2. The van der Waals surface area contributed by atoms with Crippen molar-refractivity contribution >= 4 is 28.0 Å². The van der Waals surface area contributed by atoms with Gasteiger partial charge in [-0.3, -0.25) is 4.57 Å². The largest absolute Gasteiger partial charge is 0.389 e. The number of anilines is 1.